The molecule has 1 fully saturated rings. The van der Waals surface area contributed by atoms with E-state index in [1.165, 1.54) is 7.11 Å². The second-order valence-corrected chi connectivity index (χ2v) is 6.23. The van der Waals surface area contributed by atoms with Crippen LogP contribution in [0.1, 0.15) is 28.4 Å². The van der Waals surface area contributed by atoms with Gasteiger partial charge in [-0.1, -0.05) is 30.3 Å². The number of esters is 1. The Bertz CT molecular complexity index is 817. The number of hydrogen-bond acceptors (Lipinski definition) is 4. The minimum absolute atomic E-state index is 0.0555. The van der Waals surface area contributed by atoms with Crippen LogP contribution in [0.2, 0.25) is 0 Å². The molecule has 6 heteroatoms. The summed E-state index contributed by atoms with van der Waals surface area (Å²) < 4.78 is 4.66. The first kappa shape index (κ1) is 17.7. The van der Waals surface area contributed by atoms with Crippen molar-refractivity contribution < 1.29 is 19.1 Å². The molecule has 26 heavy (non-hydrogen) atoms. The number of anilines is 1. The number of amides is 2. The lowest BCUT2D eigenvalue weighted by atomic mass is 9.93. The molecule has 0 spiro atoms. The third kappa shape index (κ3) is 3.44. The number of methoxy groups -OCH3 is 1. The fourth-order valence-corrected chi connectivity index (χ4v) is 3.25. The van der Waals surface area contributed by atoms with Crippen LogP contribution in [0.15, 0.2) is 54.6 Å². The number of nitrogens with one attached hydrogen (secondary N) is 1. The monoisotopic (exact) mass is 352 g/mol. The van der Waals surface area contributed by atoms with Gasteiger partial charge < -0.3 is 15.0 Å². The Hall–Kier alpha value is -3.15. The van der Waals surface area contributed by atoms with Gasteiger partial charge in [-0.25, -0.2) is 4.79 Å². The maximum Gasteiger partial charge on any atom is 0.337 e. The van der Waals surface area contributed by atoms with E-state index in [2.05, 4.69) is 10.1 Å². The molecule has 1 aliphatic heterocycles. The van der Waals surface area contributed by atoms with Crippen LogP contribution < -0.4 is 5.32 Å². The molecule has 1 saturated heterocycles. The van der Waals surface area contributed by atoms with Crippen molar-refractivity contribution in [3.63, 3.8) is 0 Å². The third-order valence-electron chi connectivity index (χ3n) is 4.64. The molecule has 1 N–H and O–H groups in total. The summed E-state index contributed by atoms with van der Waals surface area (Å²) >= 11 is 0. The normalized spacial score (nSPS) is 19.3. The van der Waals surface area contributed by atoms with Gasteiger partial charge in [0.15, 0.2) is 0 Å². The van der Waals surface area contributed by atoms with E-state index in [9.17, 15) is 14.4 Å². The summed E-state index contributed by atoms with van der Waals surface area (Å²) in [4.78, 5) is 38.1. The van der Waals surface area contributed by atoms with Gasteiger partial charge >= 0.3 is 5.97 Å². The first-order valence-corrected chi connectivity index (χ1v) is 8.31. The lowest BCUT2D eigenvalue weighted by Crippen LogP contribution is -2.30. The van der Waals surface area contributed by atoms with Gasteiger partial charge in [0.2, 0.25) is 11.8 Å². The average molecular weight is 352 g/mol. The van der Waals surface area contributed by atoms with E-state index in [0.717, 1.165) is 5.56 Å². The van der Waals surface area contributed by atoms with Crippen LogP contribution in [0.4, 0.5) is 5.69 Å². The van der Waals surface area contributed by atoms with Crippen LogP contribution in [0.25, 0.3) is 0 Å². The van der Waals surface area contributed by atoms with Gasteiger partial charge in [-0.2, -0.15) is 0 Å². The highest BCUT2D eigenvalue weighted by Crippen LogP contribution is 2.37. The van der Waals surface area contributed by atoms with Crippen molar-refractivity contribution in [2.75, 3.05) is 19.5 Å². The Labute approximate surface area is 151 Å². The van der Waals surface area contributed by atoms with Gasteiger partial charge in [0.05, 0.1) is 24.6 Å². The van der Waals surface area contributed by atoms with E-state index in [-0.39, 0.29) is 24.3 Å². The summed E-state index contributed by atoms with van der Waals surface area (Å²) in [6.45, 7) is 0. The van der Waals surface area contributed by atoms with E-state index in [1.807, 2.05) is 30.3 Å². The molecule has 2 amide bonds. The smallest absolute Gasteiger partial charge is 0.337 e. The fourth-order valence-electron chi connectivity index (χ4n) is 3.25. The standard InChI is InChI=1S/C20H20N2O4/c1-22-17(23)12-16(18(22)13-6-4-3-5-7-13)19(24)21-15-10-8-14(9-11-15)20(25)26-2/h3-11,16,18H,12H2,1-2H3,(H,21,24)/t16-,18+/m0/s1. The molecule has 6 nitrogen and oxygen atoms in total. The Balaban J connectivity index is 1.77. The van der Waals surface area contributed by atoms with E-state index >= 15 is 0 Å². The molecule has 134 valence electrons. The van der Waals surface area contributed by atoms with Crippen LogP contribution in [0.5, 0.6) is 0 Å². The molecule has 0 bridgehead atoms. The second kappa shape index (κ2) is 7.39. The predicted molar refractivity (Wildman–Crippen MR) is 96.5 cm³/mol. The maximum atomic E-state index is 12.8. The lowest BCUT2D eigenvalue weighted by Gasteiger charge is -2.25. The molecule has 3 rings (SSSR count). The number of carbonyl (C=O) groups excluding carboxylic acids is 3. The van der Waals surface area contributed by atoms with Gasteiger partial charge in [0, 0.05) is 19.2 Å². The first-order chi connectivity index (χ1) is 12.5. The molecule has 1 aliphatic rings. The molecule has 1 heterocycles. The maximum absolute atomic E-state index is 12.8. The number of likely N-dealkylation sites (tertiary alicyclic amines) is 1. The fraction of sp³-hybridized carbons (Fsp3) is 0.250. The Kier molecular flexibility index (Phi) is 5.02. The molecule has 0 aromatic heterocycles. The van der Waals surface area contributed by atoms with Gasteiger partial charge in [-0.15, -0.1) is 0 Å². The summed E-state index contributed by atoms with van der Waals surface area (Å²) in [5.74, 6) is -1.19. The molecular weight excluding hydrogens is 332 g/mol. The molecule has 0 radical (unpaired) electrons. The number of carbonyl (C=O) groups is 3. The average Bonchev–Trinajstić information content (AvgIpc) is 2.97. The highest BCUT2D eigenvalue weighted by molar-refractivity contribution is 5.98. The summed E-state index contributed by atoms with van der Waals surface area (Å²) in [6.07, 6.45) is 0.169. The van der Waals surface area contributed by atoms with Gasteiger partial charge in [-0.3, -0.25) is 9.59 Å². The molecular formula is C20H20N2O4. The largest absolute Gasteiger partial charge is 0.465 e. The zero-order valence-electron chi connectivity index (χ0n) is 14.6. The molecule has 2 aromatic rings. The summed E-state index contributed by atoms with van der Waals surface area (Å²) in [7, 11) is 3.04. The molecule has 0 aliphatic carbocycles. The van der Waals surface area contributed by atoms with Gasteiger partial charge in [0.1, 0.15) is 0 Å². The van der Waals surface area contributed by atoms with E-state index in [1.54, 1.807) is 36.2 Å². The van der Waals surface area contributed by atoms with Crippen molar-refractivity contribution in [3.8, 4) is 0 Å². The minimum Gasteiger partial charge on any atom is -0.465 e. The van der Waals surface area contributed by atoms with Crippen molar-refractivity contribution in [1.29, 1.82) is 0 Å². The first-order valence-electron chi connectivity index (χ1n) is 8.31. The Morgan fingerprint density at radius 3 is 2.35 bits per heavy atom. The number of benzene rings is 2. The third-order valence-corrected chi connectivity index (χ3v) is 4.64. The number of hydrogen-bond donors (Lipinski definition) is 1. The van der Waals surface area contributed by atoms with Crippen molar-refractivity contribution in [2.24, 2.45) is 5.92 Å². The Morgan fingerprint density at radius 2 is 1.73 bits per heavy atom. The summed E-state index contributed by atoms with van der Waals surface area (Å²) in [5, 5.41) is 2.84. The van der Waals surface area contributed by atoms with Crippen molar-refractivity contribution in [2.45, 2.75) is 12.5 Å². The highest BCUT2D eigenvalue weighted by Gasteiger charge is 2.42. The lowest BCUT2D eigenvalue weighted by molar-refractivity contribution is -0.128. The van der Waals surface area contributed by atoms with Crippen LogP contribution in [-0.4, -0.2) is 36.8 Å². The number of rotatable bonds is 4. The topological polar surface area (TPSA) is 75.7 Å². The number of nitrogens with zero attached hydrogens (tertiary/aromatic N) is 1. The zero-order chi connectivity index (χ0) is 18.7. The Morgan fingerprint density at radius 1 is 1.08 bits per heavy atom. The van der Waals surface area contributed by atoms with Crippen LogP contribution in [-0.2, 0) is 14.3 Å². The van der Waals surface area contributed by atoms with Crippen LogP contribution in [0, 0.1) is 5.92 Å². The van der Waals surface area contributed by atoms with Gasteiger partial charge in [-0.05, 0) is 29.8 Å². The molecule has 2 aromatic carbocycles. The molecule has 2 atom stereocenters. The van der Waals surface area contributed by atoms with Crippen molar-refractivity contribution >= 4 is 23.5 Å². The quantitative estimate of drug-likeness (QED) is 0.859. The van der Waals surface area contributed by atoms with Crippen molar-refractivity contribution in [3.05, 3.63) is 65.7 Å². The second-order valence-electron chi connectivity index (χ2n) is 6.23. The van der Waals surface area contributed by atoms with Crippen molar-refractivity contribution in [1.82, 2.24) is 4.90 Å². The summed E-state index contributed by atoms with van der Waals surface area (Å²) in [5.41, 5.74) is 1.90. The van der Waals surface area contributed by atoms with Crippen LogP contribution >= 0.6 is 0 Å². The zero-order valence-corrected chi connectivity index (χ0v) is 14.6. The SMILES string of the molecule is COC(=O)c1ccc(NC(=O)[C@H]2CC(=O)N(C)[C@@H]2c2ccccc2)cc1. The van der Waals surface area contributed by atoms with E-state index in [0.29, 0.717) is 11.3 Å². The minimum atomic E-state index is -0.477. The van der Waals surface area contributed by atoms with Crippen LogP contribution in [0.3, 0.4) is 0 Å². The molecule has 0 saturated carbocycles. The van der Waals surface area contributed by atoms with E-state index in [4.69, 9.17) is 0 Å². The summed E-state index contributed by atoms with van der Waals surface area (Å²) in [6, 6.07) is 15.7. The molecule has 0 unspecified atom stereocenters. The predicted octanol–water partition coefficient (Wildman–Crippen LogP) is 2.63. The van der Waals surface area contributed by atoms with Gasteiger partial charge in [0.25, 0.3) is 0 Å². The number of ether oxygens (including phenoxy) is 1. The van der Waals surface area contributed by atoms with E-state index < -0.39 is 11.9 Å². The highest BCUT2D eigenvalue weighted by atomic mass is 16.5.